The standard InChI is InChI=1S/C15H21N3S2/c1-5-14-17-15(20-18-14)19-9-13(16-4)12-7-6-10(2)11(3)8-12/h6-8,13,16H,5,9H2,1-4H3. The highest BCUT2D eigenvalue weighted by Gasteiger charge is 2.12. The number of thioether (sulfide) groups is 1. The first-order valence-corrected chi connectivity index (χ1v) is 8.59. The maximum Gasteiger partial charge on any atom is 0.170 e. The minimum atomic E-state index is 0.341. The second-order valence-electron chi connectivity index (χ2n) is 4.83. The molecule has 0 aliphatic rings. The fourth-order valence-electron chi connectivity index (χ4n) is 1.92. The number of nitrogens with one attached hydrogen (secondary N) is 1. The first-order chi connectivity index (χ1) is 9.63. The summed E-state index contributed by atoms with van der Waals surface area (Å²) in [6.45, 7) is 6.40. The molecular weight excluding hydrogens is 286 g/mol. The third-order valence-corrected chi connectivity index (χ3v) is 5.39. The van der Waals surface area contributed by atoms with Crippen molar-refractivity contribution in [1.29, 1.82) is 0 Å². The third-order valence-electron chi connectivity index (χ3n) is 3.42. The molecule has 1 atom stereocenters. The van der Waals surface area contributed by atoms with Crippen LogP contribution >= 0.6 is 23.3 Å². The van der Waals surface area contributed by atoms with Crippen LogP contribution in [0.5, 0.6) is 0 Å². The Morgan fingerprint density at radius 3 is 2.70 bits per heavy atom. The topological polar surface area (TPSA) is 37.8 Å². The summed E-state index contributed by atoms with van der Waals surface area (Å²) >= 11 is 3.28. The van der Waals surface area contributed by atoms with Gasteiger partial charge in [-0.05, 0) is 49.1 Å². The van der Waals surface area contributed by atoms with Gasteiger partial charge >= 0.3 is 0 Å². The van der Waals surface area contributed by atoms with E-state index in [0.29, 0.717) is 6.04 Å². The second-order valence-corrected chi connectivity index (χ2v) is 6.84. The van der Waals surface area contributed by atoms with Gasteiger partial charge in [-0.15, -0.1) is 0 Å². The Labute approximate surface area is 129 Å². The van der Waals surface area contributed by atoms with Gasteiger partial charge in [0, 0.05) is 18.2 Å². The Morgan fingerprint density at radius 2 is 2.10 bits per heavy atom. The van der Waals surface area contributed by atoms with E-state index in [1.807, 2.05) is 7.05 Å². The van der Waals surface area contributed by atoms with E-state index >= 15 is 0 Å². The molecule has 0 saturated carbocycles. The number of aryl methyl sites for hydroxylation is 3. The van der Waals surface area contributed by atoms with Gasteiger partial charge in [0.1, 0.15) is 5.82 Å². The highest BCUT2D eigenvalue weighted by atomic mass is 32.2. The van der Waals surface area contributed by atoms with Crippen molar-refractivity contribution >= 4 is 23.3 Å². The molecule has 1 N–H and O–H groups in total. The van der Waals surface area contributed by atoms with E-state index in [1.54, 1.807) is 11.8 Å². The van der Waals surface area contributed by atoms with Gasteiger partial charge in [0.05, 0.1) is 0 Å². The quantitative estimate of drug-likeness (QED) is 0.824. The van der Waals surface area contributed by atoms with E-state index in [2.05, 4.69) is 53.6 Å². The van der Waals surface area contributed by atoms with Gasteiger partial charge in [-0.25, -0.2) is 4.98 Å². The molecule has 1 heterocycles. The van der Waals surface area contributed by atoms with E-state index in [9.17, 15) is 0 Å². The lowest BCUT2D eigenvalue weighted by Gasteiger charge is -2.16. The first-order valence-electron chi connectivity index (χ1n) is 6.83. The Hall–Kier alpha value is -0.910. The number of benzene rings is 1. The summed E-state index contributed by atoms with van der Waals surface area (Å²) in [5, 5.41) is 3.39. The number of hydrogen-bond donors (Lipinski definition) is 1. The molecule has 2 aromatic rings. The van der Waals surface area contributed by atoms with Crippen LogP contribution in [-0.4, -0.2) is 22.2 Å². The minimum absolute atomic E-state index is 0.341. The lowest BCUT2D eigenvalue weighted by molar-refractivity contribution is 0.661. The summed E-state index contributed by atoms with van der Waals surface area (Å²) in [6, 6.07) is 7.02. The Bertz CT molecular complexity index is 566. The van der Waals surface area contributed by atoms with Crippen molar-refractivity contribution in [3.05, 3.63) is 40.7 Å². The third kappa shape index (κ3) is 3.81. The molecule has 1 unspecified atom stereocenters. The maximum atomic E-state index is 4.50. The largest absolute Gasteiger partial charge is 0.312 e. The molecule has 0 bridgehead atoms. The van der Waals surface area contributed by atoms with Gasteiger partial charge in [-0.1, -0.05) is 36.9 Å². The molecule has 5 heteroatoms. The summed E-state index contributed by atoms with van der Waals surface area (Å²) in [7, 11) is 2.01. The summed E-state index contributed by atoms with van der Waals surface area (Å²) in [6.07, 6.45) is 0.906. The second kappa shape index (κ2) is 7.20. The molecule has 0 spiro atoms. The van der Waals surface area contributed by atoms with Gasteiger partial charge in [0.25, 0.3) is 0 Å². The molecule has 0 radical (unpaired) electrons. The average Bonchev–Trinajstić information content (AvgIpc) is 2.91. The molecule has 108 valence electrons. The molecule has 1 aromatic carbocycles. The molecule has 0 aliphatic heterocycles. The van der Waals surface area contributed by atoms with E-state index in [1.165, 1.54) is 28.2 Å². The van der Waals surface area contributed by atoms with Crippen LogP contribution in [0.4, 0.5) is 0 Å². The minimum Gasteiger partial charge on any atom is -0.312 e. The summed E-state index contributed by atoms with van der Waals surface area (Å²) in [5.74, 6) is 1.92. The molecule has 3 nitrogen and oxygen atoms in total. The van der Waals surface area contributed by atoms with Crippen LogP contribution < -0.4 is 5.32 Å². The van der Waals surface area contributed by atoms with Crippen LogP contribution in [0.15, 0.2) is 22.5 Å². The molecule has 0 fully saturated rings. The monoisotopic (exact) mass is 307 g/mol. The molecule has 20 heavy (non-hydrogen) atoms. The summed E-state index contributed by atoms with van der Waals surface area (Å²) in [5.41, 5.74) is 4.02. The molecule has 0 aliphatic carbocycles. The number of aromatic nitrogens is 2. The van der Waals surface area contributed by atoms with Crippen molar-refractivity contribution in [2.24, 2.45) is 0 Å². The predicted octanol–water partition coefficient (Wildman–Crippen LogP) is 3.77. The molecular formula is C15H21N3S2. The zero-order valence-electron chi connectivity index (χ0n) is 12.4. The fourth-order valence-corrected chi connectivity index (χ4v) is 3.79. The lowest BCUT2D eigenvalue weighted by atomic mass is 10.0. The average molecular weight is 307 g/mol. The van der Waals surface area contributed by atoms with Crippen LogP contribution in [0.3, 0.4) is 0 Å². The van der Waals surface area contributed by atoms with E-state index in [0.717, 1.165) is 22.3 Å². The van der Waals surface area contributed by atoms with Gasteiger partial charge in [0.15, 0.2) is 4.34 Å². The summed E-state index contributed by atoms with van der Waals surface area (Å²) < 4.78 is 5.39. The van der Waals surface area contributed by atoms with Crippen LogP contribution in [0.2, 0.25) is 0 Å². The van der Waals surface area contributed by atoms with E-state index in [-0.39, 0.29) is 0 Å². The number of nitrogens with zero attached hydrogens (tertiary/aromatic N) is 2. The van der Waals surface area contributed by atoms with Crippen molar-refractivity contribution in [3.63, 3.8) is 0 Å². The van der Waals surface area contributed by atoms with Crippen molar-refractivity contribution in [2.45, 2.75) is 37.6 Å². The van der Waals surface area contributed by atoms with Crippen molar-refractivity contribution < 1.29 is 0 Å². The van der Waals surface area contributed by atoms with Crippen molar-refractivity contribution in [1.82, 2.24) is 14.7 Å². The van der Waals surface area contributed by atoms with E-state index < -0.39 is 0 Å². The van der Waals surface area contributed by atoms with Crippen LogP contribution in [0.1, 0.15) is 35.5 Å². The molecule has 1 aromatic heterocycles. The predicted molar refractivity (Wildman–Crippen MR) is 87.7 cm³/mol. The Kier molecular flexibility index (Phi) is 5.57. The van der Waals surface area contributed by atoms with Crippen LogP contribution in [0, 0.1) is 13.8 Å². The zero-order chi connectivity index (χ0) is 14.5. The van der Waals surface area contributed by atoms with Gasteiger partial charge < -0.3 is 5.32 Å². The summed E-state index contributed by atoms with van der Waals surface area (Å²) in [4.78, 5) is 4.50. The molecule has 2 rings (SSSR count). The normalized spacial score (nSPS) is 12.6. The smallest absolute Gasteiger partial charge is 0.170 e. The van der Waals surface area contributed by atoms with Gasteiger partial charge in [0.2, 0.25) is 0 Å². The van der Waals surface area contributed by atoms with E-state index in [4.69, 9.17) is 0 Å². The highest BCUT2D eigenvalue weighted by Crippen LogP contribution is 2.26. The zero-order valence-corrected chi connectivity index (χ0v) is 14.1. The molecule has 0 saturated heterocycles. The molecule has 0 amide bonds. The van der Waals surface area contributed by atoms with Gasteiger partial charge in [-0.3, -0.25) is 0 Å². The maximum absolute atomic E-state index is 4.50. The van der Waals surface area contributed by atoms with Crippen molar-refractivity contribution in [2.75, 3.05) is 12.8 Å². The number of hydrogen-bond acceptors (Lipinski definition) is 5. The first kappa shape index (κ1) is 15.5. The van der Waals surface area contributed by atoms with Gasteiger partial charge in [-0.2, -0.15) is 4.37 Å². The SMILES string of the molecule is CCc1nsc(SCC(NC)c2ccc(C)c(C)c2)n1. The van der Waals surface area contributed by atoms with Crippen molar-refractivity contribution in [3.8, 4) is 0 Å². The van der Waals surface area contributed by atoms with Crippen LogP contribution in [0.25, 0.3) is 0 Å². The Balaban J connectivity index is 2.03. The Morgan fingerprint density at radius 1 is 1.30 bits per heavy atom. The fraction of sp³-hybridized carbons (Fsp3) is 0.467. The lowest BCUT2D eigenvalue weighted by Crippen LogP contribution is -2.18. The highest BCUT2D eigenvalue weighted by molar-refractivity contribution is 8.00. The van der Waals surface area contributed by atoms with Crippen LogP contribution in [-0.2, 0) is 6.42 Å². The number of rotatable bonds is 6.